The molecule has 3 aromatic rings. The molecule has 3 aliphatic heterocycles. The van der Waals surface area contributed by atoms with Crippen LogP contribution in [0, 0.1) is 6.92 Å². The van der Waals surface area contributed by atoms with Gasteiger partial charge in [-0.1, -0.05) is 6.92 Å². The molecule has 8 nitrogen and oxygen atoms in total. The molecule has 5 heterocycles. The smallest absolute Gasteiger partial charge is 0.343 e. The summed E-state index contributed by atoms with van der Waals surface area (Å²) >= 11 is 0. The van der Waals surface area contributed by atoms with E-state index in [1.165, 1.54) is 0 Å². The van der Waals surface area contributed by atoms with Crippen molar-refractivity contribution in [2.24, 2.45) is 0 Å². The molecule has 31 heavy (non-hydrogen) atoms. The lowest BCUT2D eigenvalue weighted by atomic mass is 9.86. The summed E-state index contributed by atoms with van der Waals surface area (Å²) in [5, 5.41) is 11.8. The largest absolute Gasteiger partial charge is 0.462 e. The highest BCUT2D eigenvalue weighted by molar-refractivity contribution is 6.02. The Morgan fingerprint density at radius 3 is 2.87 bits per heavy atom. The molecular weight excluding hydrogens is 398 g/mol. The number of hydrogen-bond donors (Lipinski definition) is 2. The number of cyclic esters (lactones) is 1. The Hall–Kier alpha value is -3.65. The van der Waals surface area contributed by atoms with E-state index in [0.29, 0.717) is 46.0 Å². The number of ether oxygens (including phenoxy) is 2. The van der Waals surface area contributed by atoms with Crippen LogP contribution in [0.15, 0.2) is 23.2 Å². The van der Waals surface area contributed by atoms with E-state index < -0.39 is 11.6 Å². The number of nitrogens with zero attached hydrogens (tertiary/aromatic N) is 2. The molecule has 2 aromatic heterocycles. The molecule has 0 fully saturated rings. The standard InChI is InChI=1S/C23H19N3O5/c1-3-23(29)14-7-16-19-12(8-26(16)21(27)13(14)9-31-22(23)28)11-4-5-30-20-17(11)15(25-19)6-10(2)18(20)24/h4-7,29H,3,8-9,24H2,1-2H3/t23-/m0/s1. The molecule has 0 amide bonds. The number of esters is 1. The first-order valence-electron chi connectivity index (χ1n) is 10.1. The normalized spacial score (nSPS) is 20.2. The zero-order valence-electron chi connectivity index (χ0n) is 17.0. The van der Waals surface area contributed by atoms with Gasteiger partial charge in [0.25, 0.3) is 5.56 Å². The third-order valence-corrected chi connectivity index (χ3v) is 6.64. The van der Waals surface area contributed by atoms with Gasteiger partial charge in [0.1, 0.15) is 6.61 Å². The van der Waals surface area contributed by atoms with Crippen molar-refractivity contribution >= 4 is 28.6 Å². The second kappa shape index (κ2) is 5.73. The molecule has 1 atom stereocenters. The fourth-order valence-electron chi connectivity index (χ4n) is 4.86. The lowest BCUT2D eigenvalue weighted by Crippen LogP contribution is -2.44. The highest BCUT2D eigenvalue weighted by Crippen LogP contribution is 2.45. The van der Waals surface area contributed by atoms with Gasteiger partial charge in [0.15, 0.2) is 11.4 Å². The van der Waals surface area contributed by atoms with E-state index in [1.807, 2.05) is 19.1 Å². The number of rotatable bonds is 1. The van der Waals surface area contributed by atoms with Crippen molar-refractivity contribution in [2.75, 3.05) is 5.73 Å². The maximum absolute atomic E-state index is 13.3. The van der Waals surface area contributed by atoms with E-state index in [-0.39, 0.29) is 18.6 Å². The number of benzene rings is 1. The van der Waals surface area contributed by atoms with Gasteiger partial charge in [0.2, 0.25) is 0 Å². The summed E-state index contributed by atoms with van der Waals surface area (Å²) in [6.45, 7) is 3.75. The monoisotopic (exact) mass is 417 g/mol. The van der Waals surface area contributed by atoms with Crippen LogP contribution in [-0.2, 0) is 28.3 Å². The maximum atomic E-state index is 13.3. The van der Waals surface area contributed by atoms with Crippen LogP contribution in [0.1, 0.15) is 41.2 Å². The first kappa shape index (κ1) is 18.1. The molecule has 156 valence electrons. The van der Waals surface area contributed by atoms with Crippen molar-refractivity contribution in [1.82, 2.24) is 9.55 Å². The summed E-state index contributed by atoms with van der Waals surface area (Å²) in [7, 11) is 0. The summed E-state index contributed by atoms with van der Waals surface area (Å²) in [5.41, 5.74) is 9.86. The quantitative estimate of drug-likeness (QED) is 0.361. The molecule has 0 spiro atoms. The average Bonchev–Trinajstić information content (AvgIpc) is 3.14. The predicted molar refractivity (Wildman–Crippen MR) is 113 cm³/mol. The van der Waals surface area contributed by atoms with Crippen LogP contribution in [0.25, 0.3) is 28.4 Å². The maximum Gasteiger partial charge on any atom is 0.343 e. The van der Waals surface area contributed by atoms with Crippen LogP contribution in [0.2, 0.25) is 0 Å². The number of aliphatic hydroxyl groups is 1. The van der Waals surface area contributed by atoms with E-state index in [4.69, 9.17) is 20.2 Å². The molecule has 1 aromatic carbocycles. The van der Waals surface area contributed by atoms with Crippen LogP contribution < -0.4 is 16.0 Å². The number of nitrogens with two attached hydrogens (primary N) is 1. The molecule has 0 radical (unpaired) electrons. The number of aryl methyl sites for hydroxylation is 1. The number of carbonyl (C=O) groups excluding carboxylic acids is 1. The molecular formula is C23H19N3O5. The van der Waals surface area contributed by atoms with Gasteiger partial charge >= 0.3 is 5.97 Å². The van der Waals surface area contributed by atoms with Gasteiger partial charge in [-0.2, -0.15) is 0 Å². The molecule has 6 rings (SSSR count). The lowest BCUT2D eigenvalue weighted by molar-refractivity contribution is -0.172. The Bertz CT molecular complexity index is 1450. The highest BCUT2D eigenvalue weighted by atomic mass is 16.6. The Morgan fingerprint density at radius 2 is 2.10 bits per heavy atom. The zero-order valence-corrected chi connectivity index (χ0v) is 17.0. The van der Waals surface area contributed by atoms with Gasteiger partial charge in [0.05, 0.1) is 46.3 Å². The minimum Gasteiger partial charge on any atom is -0.462 e. The molecule has 3 aliphatic rings. The van der Waals surface area contributed by atoms with Crippen molar-refractivity contribution < 1.29 is 19.4 Å². The van der Waals surface area contributed by atoms with Crippen LogP contribution in [0.4, 0.5) is 5.69 Å². The fraction of sp³-hybridized carbons (Fsp3) is 0.261. The predicted octanol–water partition coefficient (Wildman–Crippen LogP) is 2.33. The summed E-state index contributed by atoms with van der Waals surface area (Å²) in [4.78, 5) is 30.5. The van der Waals surface area contributed by atoms with Gasteiger partial charge < -0.3 is 24.9 Å². The van der Waals surface area contributed by atoms with E-state index in [2.05, 4.69) is 0 Å². The molecule has 0 unspecified atom stereocenters. The van der Waals surface area contributed by atoms with Crippen molar-refractivity contribution in [2.45, 2.75) is 39.0 Å². The fourth-order valence-corrected chi connectivity index (χ4v) is 4.86. The minimum absolute atomic E-state index is 0.104. The van der Waals surface area contributed by atoms with E-state index in [1.54, 1.807) is 23.8 Å². The second-order valence-electron chi connectivity index (χ2n) is 8.21. The van der Waals surface area contributed by atoms with Crippen molar-refractivity contribution in [3.05, 3.63) is 56.6 Å². The summed E-state index contributed by atoms with van der Waals surface area (Å²) in [6, 6.07) is 3.62. The highest BCUT2D eigenvalue weighted by Gasteiger charge is 2.45. The number of fused-ring (bicyclic) bond motifs is 5. The average molecular weight is 417 g/mol. The van der Waals surface area contributed by atoms with Crippen LogP contribution >= 0.6 is 0 Å². The van der Waals surface area contributed by atoms with Crippen molar-refractivity contribution in [3.8, 4) is 17.1 Å². The summed E-state index contributed by atoms with van der Waals surface area (Å²) in [5.74, 6) is -0.160. The third kappa shape index (κ3) is 2.10. The molecule has 3 N–H and O–H groups in total. The topological polar surface area (TPSA) is 117 Å². The number of carbonyl (C=O) groups is 1. The van der Waals surface area contributed by atoms with Crippen LogP contribution in [0.5, 0.6) is 5.75 Å². The first-order chi connectivity index (χ1) is 14.8. The SMILES string of the molecule is CC[C@@]1(O)C(=O)OCc2c1cc1n(c2=O)Cc2c-1nc1cc(C)c(N)c3c1c2C=CO3. The van der Waals surface area contributed by atoms with Crippen LogP contribution in [-0.4, -0.2) is 20.6 Å². The molecule has 0 bridgehead atoms. The van der Waals surface area contributed by atoms with Gasteiger partial charge in [-0.3, -0.25) is 4.79 Å². The van der Waals surface area contributed by atoms with Crippen molar-refractivity contribution in [1.29, 1.82) is 0 Å². The van der Waals surface area contributed by atoms with Gasteiger partial charge in [-0.15, -0.1) is 0 Å². The summed E-state index contributed by atoms with van der Waals surface area (Å²) < 4.78 is 12.5. The summed E-state index contributed by atoms with van der Waals surface area (Å²) in [6.07, 6.45) is 3.55. The Labute approximate surface area is 176 Å². The number of hydrogen-bond acceptors (Lipinski definition) is 7. The van der Waals surface area contributed by atoms with Crippen LogP contribution in [0.3, 0.4) is 0 Å². The molecule has 0 saturated heterocycles. The Kier molecular flexibility index (Phi) is 3.36. The minimum atomic E-state index is -1.85. The van der Waals surface area contributed by atoms with E-state index >= 15 is 0 Å². The lowest BCUT2D eigenvalue weighted by Gasteiger charge is -2.31. The molecule has 8 heteroatoms. The number of anilines is 1. The molecule has 0 saturated carbocycles. The molecule has 0 aliphatic carbocycles. The third-order valence-electron chi connectivity index (χ3n) is 6.64. The van der Waals surface area contributed by atoms with E-state index in [0.717, 1.165) is 22.1 Å². The van der Waals surface area contributed by atoms with Gasteiger partial charge in [0, 0.05) is 11.1 Å². The van der Waals surface area contributed by atoms with Crippen molar-refractivity contribution in [3.63, 3.8) is 0 Å². The number of aromatic nitrogens is 2. The Morgan fingerprint density at radius 1 is 1.29 bits per heavy atom. The first-order valence-corrected chi connectivity index (χ1v) is 10.1. The van der Waals surface area contributed by atoms with Gasteiger partial charge in [-0.05, 0) is 42.7 Å². The van der Waals surface area contributed by atoms with E-state index in [9.17, 15) is 14.7 Å². The zero-order chi connectivity index (χ0) is 21.7. The number of pyridine rings is 2. The second-order valence-corrected chi connectivity index (χ2v) is 8.21. The van der Waals surface area contributed by atoms with Gasteiger partial charge in [-0.25, -0.2) is 9.78 Å². The number of nitrogen functional groups attached to an aromatic ring is 1. The Balaban J connectivity index is 1.70.